The number of nitrogens with two attached hydrogens (primary N) is 1. The Hall–Kier alpha value is -1.31. The zero-order valence-corrected chi connectivity index (χ0v) is 4.72. The van der Waals surface area contributed by atoms with E-state index in [1.54, 1.807) is 0 Å². The van der Waals surface area contributed by atoms with Crippen LogP contribution in [0, 0.1) is 0 Å². The lowest BCUT2D eigenvalue weighted by atomic mass is 10.2. The maximum absolute atomic E-state index is 10.6. The van der Waals surface area contributed by atoms with E-state index in [0.717, 1.165) is 0 Å². The molecule has 1 amide bonds. The lowest BCUT2D eigenvalue weighted by Crippen LogP contribution is -2.09. The highest BCUT2D eigenvalue weighted by Gasteiger charge is 1.93. The van der Waals surface area contributed by atoms with E-state index in [1.807, 2.05) is 0 Å². The Labute approximate surface area is 56.1 Å². The van der Waals surface area contributed by atoms with Gasteiger partial charge in [-0.05, 0) is 12.1 Å². The molecule has 0 saturated heterocycles. The third-order valence-electron chi connectivity index (χ3n) is 0.929. The van der Waals surface area contributed by atoms with Crippen LogP contribution in [0.1, 0.15) is 13.1 Å². The van der Waals surface area contributed by atoms with Crippen molar-refractivity contribution in [2.24, 2.45) is 5.73 Å². The van der Waals surface area contributed by atoms with Gasteiger partial charge in [0.15, 0.2) is 0 Å². The first-order valence-corrected chi connectivity index (χ1v) is 2.47. The minimum Gasteiger partial charge on any atom is -0.366 e. The van der Waals surface area contributed by atoms with Crippen LogP contribution < -0.4 is 5.73 Å². The molecule has 0 saturated carbocycles. The first kappa shape index (κ1) is 3.67. The molecule has 9 heavy (non-hydrogen) atoms. The van der Waals surface area contributed by atoms with Crippen LogP contribution in [-0.4, -0.2) is 5.91 Å². The molecule has 0 bridgehead atoms. The van der Waals surface area contributed by atoms with E-state index < -0.39 is 5.91 Å². The molecule has 0 atom stereocenters. The summed E-state index contributed by atoms with van der Waals surface area (Å²) in [5.41, 5.74) is 5.16. The predicted molar refractivity (Wildman–Crippen MR) is 35.0 cm³/mol. The Morgan fingerprint density at radius 1 is 1.56 bits per heavy atom. The number of hydrogen-bond acceptors (Lipinski definition) is 1. The van der Waals surface area contributed by atoms with Crippen LogP contribution in [0.25, 0.3) is 0 Å². The molecule has 46 valence electrons. The minimum atomic E-state index is -0.604. The number of carbonyl (C=O) groups excluding carboxylic acids is 1. The molecule has 0 aliphatic rings. The maximum atomic E-state index is 10.6. The van der Waals surface area contributed by atoms with Gasteiger partial charge in [0, 0.05) is 5.56 Å². The van der Waals surface area contributed by atoms with Gasteiger partial charge in [-0.25, -0.2) is 0 Å². The summed E-state index contributed by atoms with van der Waals surface area (Å²) >= 11 is 0. The normalized spacial score (nSPS) is 12.0. The van der Waals surface area contributed by atoms with Crippen molar-refractivity contribution in [2.45, 2.75) is 0 Å². The Balaban J connectivity index is 3.19. The molecule has 2 nitrogen and oxygen atoms in total. The van der Waals surface area contributed by atoms with Crippen molar-refractivity contribution in [1.29, 1.82) is 0 Å². The Morgan fingerprint density at radius 3 is 2.56 bits per heavy atom. The zero-order valence-electron chi connectivity index (χ0n) is 6.72. The van der Waals surface area contributed by atoms with Gasteiger partial charge in [0.1, 0.15) is 0 Å². The van der Waals surface area contributed by atoms with Gasteiger partial charge in [-0.3, -0.25) is 4.79 Å². The number of rotatable bonds is 1. The van der Waals surface area contributed by atoms with E-state index in [9.17, 15) is 4.79 Å². The maximum Gasteiger partial charge on any atom is 0.248 e. The SMILES string of the molecule is [2H]c1cc([2H])cc(C(N)=O)c1. The largest absolute Gasteiger partial charge is 0.366 e. The van der Waals surface area contributed by atoms with E-state index in [1.165, 1.54) is 18.2 Å². The highest BCUT2D eigenvalue weighted by atomic mass is 16.1. The molecule has 0 unspecified atom stereocenters. The summed E-state index contributed by atoms with van der Waals surface area (Å²) in [6, 6.07) is 4.27. The van der Waals surface area contributed by atoms with Crippen molar-refractivity contribution in [3.05, 3.63) is 35.8 Å². The average Bonchev–Trinajstić information content (AvgIpc) is 1.85. The summed E-state index contributed by atoms with van der Waals surface area (Å²) < 4.78 is 14.3. The highest BCUT2D eigenvalue weighted by Crippen LogP contribution is 1.94. The van der Waals surface area contributed by atoms with Gasteiger partial charge in [0.05, 0.1) is 2.74 Å². The molecule has 0 heterocycles. The van der Waals surface area contributed by atoms with Crippen LogP contribution in [0.5, 0.6) is 0 Å². The Kier molecular flexibility index (Phi) is 0.939. The second kappa shape index (κ2) is 2.31. The van der Waals surface area contributed by atoms with E-state index in [-0.39, 0.29) is 17.6 Å². The molecule has 0 fully saturated rings. The van der Waals surface area contributed by atoms with Crippen LogP contribution >= 0.6 is 0 Å². The molecule has 0 spiro atoms. The van der Waals surface area contributed by atoms with Crippen LogP contribution in [0.2, 0.25) is 0 Å². The quantitative estimate of drug-likeness (QED) is 0.589. The minimum absolute atomic E-state index is 0.131. The van der Waals surface area contributed by atoms with E-state index in [4.69, 9.17) is 8.48 Å². The molecule has 1 aromatic rings. The molecular weight excluding hydrogens is 114 g/mol. The first-order valence-electron chi connectivity index (χ1n) is 3.47. The summed E-state index contributed by atoms with van der Waals surface area (Å²) in [4.78, 5) is 10.6. The van der Waals surface area contributed by atoms with Gasteiger partial charge < -0.3 is 5.73 Å². The van der Waals surface area contributed by atoms with Crippen LogP contribution in [-0.2, 0) is 0 Å². The molecule has 0 aliphatic heterocycles. The predicted octanol–water partition coefficient (Wildman–Crippen LogP) is 0.786. The number of hydrogen-bond donors (Lipinski definition) is 1. The molecule has 0 aliphatic carbocycles. The van der Waals surface area contributed by atoms with Gasteiger partial charge in [0.25, 0.3) is 0 Å². The van der Waals surface area contributed by atoms with Crippen LogP contribution in [0.15, 0.2) is 30.3 Å². The number of amides is 1. The van der Waals surface area contributed by atoms with Crippen LogP contribution in [0.4, 0.5) is 0 Å². The lowest BCUT2D eigenvalue weighted by Gasteiger charge is -1.89. The van der Waals surface area contributed by atoms with Crippen molar-refractivity contribution >= 4 is 5.91 Å². The molecule has 2 heteroatoms. The highest BCUT2D eigenvalue weighted by molar-refractivity contribution is 5.92. The zero-order chi connectivity index (χ0) is 8.43. The standard InChI is InChI=1S/C7H7NO/c8-7(9)6-4-2-1-3-5-6/h1-5H,(H2,8,9)/i2D,3D. The van der Waals surface area contributed by atoms with Crippen molar-refractivity contribution in [1.82, 2.24) is 0 Å². The van der Waals surface area contributed by atoms with Gasteiger partial charge in [-0.15, -0.1) is 0 Å². The van der Waals surface area contributed by atoms with E-state index in [2.05, 4.69) is 0 Å². The molecular formula is C7H7NO. The van der Waals surface area contributed by atoms with Crippen molar-refractivity contribution < 1.29 is 7.54 Å². The first-order chi connectivity index (χ1) is 5.09. The van der Waals surface area contributed by atoms with E-state index in [0.29, 0.717) is 0 Å². The summed E-state index contributed by atoms with van der Waals surface area (Å²) in [7, 11) is 0. The van der Waals surface area contributed by atoms with Crippen molar-refractivity contribution in [3.8, 4) is 0 Å². The summed E-state index contributed by atoms with van der Waals surface area (Å²) in [6.07, 6.45) is 0. The average molecular weight is 123 g/mol. The Morgan fingerprint density at radius 2 is 2.11 bits per heavy atom. The molecule has 1 aromatic carbocycles. The molecule has 2 N–H and O–H groups in total. The second-order valence-corrected chi connectivity index (χ2v) is 1.59. The number of carbonyl (C=O) groups is 1. The lowest BCUT2D eigenvalue weighted by molar-refractivity contribution is 0.100. The van der Waals surface area contributed by atoms with Gasteiger partial charge in [0.2, 0.25) is 5.91 Å². The fourth-order valence-electron chi connectivity index (χ4n) is 0.495. The molecule has 1 rings (SSSR count). The van der Waals surface area contributed by atoms with Gasteiger partial charge in [-0.2, -0.15) is 0 Å². The summed E-state index contributed by atoms with van der Waals surface area (Å²) in [5, 5.41) is 0. The monoisotopic (exact) mass is 123 g/mol. The fraction of sp³-hybridized carbons (Fsp3) is 0. The van der Waals surface area contributed by atoms with E-state index >= 15 is 0 Å². The fourth-order valence-corrected chi connectivity index (χ4v) is 0.495. The van der Waals surface area contributed by atoms with Crippen molar-refractivity contribution in [3.63, 3.8) is 0 Å². The van der Waals surface area contributed by atoms with Gasteiger partial charge in [-0.1, -0.05) is 18.2 Å². The topological polar surface area (TPSA) is 43.1 Å². The van der Waals surface area contributed by atoms with Crippen molar-refractivity contribution in [2.75, 3.05) is 0 Å². The van der Waals surface area contributed by atoms with Gasteiger partial charge >= 0.3 is 0 Å². The number of primary amides is 1. The summed E-state index contributed by atoms with van der Waals surface area (Å²) in [6.45, 7) is 0. The Bertz CT molecular complexity index is 278. The van der Waals surface area contributed by atoms with Crippen LogP contribution in [0.3, 0.4) is 0 Å². The smallest absolute Gasteiger partial charge is 0.248 e. The molecule has 0 aromatic heterocycles. The number of benzene rings is 1. The third kappa shape index (κ3) is 1.29. The summed E-state index contributed by atoms with van der Waals surface area (Å²) in [5.74, 6) is -0.604. The molecule has 0 radical (unpaired) electrons. The second-order valence-electron chi connectivity index (χ2n) is 1.59. The third-order valence-corrected chi connectivity index (χ3v) is 0.929.